The number of anilines is 1. The maximum Gasteiger partial charge on any atom is 0.247 e. The first kappa shape index (κ1) is 12.9. The van der Waals surface area contributed by atoms with Crippen molar-refractivity contribution >= 4 is 15.7 Å². The smallest absolute Gasteiger partial charge is 0.247 e. The Morgan fingerprint density at radius 1 is 1.33 bits per heavy atom. The molecule has 0 fully saturated rings. The normalized spacial score (nSPS) is 16.7. The molecule has 1 aromatic carbocycles. The molecule has 0 atom stereocenters. The van der Waals surface area contributed by atoms with E-state index in [1.54, 1.807) is 12.1 Å². The molecule has 1 aromatic rings. The number of ether oxygens (including phenoxy) is 1. The number of hydrogen-bond acceptors (Lipinski definition) is 4. The molecule has 1 aliphatic rings. The number of nitrogen functional groups attached to an aromatic ring is 1. The van der Waals surface area contributed by atoms with Crippen molar-refractivity contribution in [1.29, 1.82) is 0 Å². The first-order valence-electron chi connectivity index (χ1n) is 5.64. The molecule has 0 bridgehead atoms. The predicted octanol–water partition coefficient (Wildman–Crippen LogP) is 1.23. The van der Waals surface area contributed by atoms with E-state index in [0.29, 0.717) is 24.5 Å². The standard InChI is InChI=1S/C12H16N2O3S/c1-17-11-6-5-10(13)9-12(11)18(15,16)14-7-3-2-4-8-14/h2-3,5-6,9H,4,7-8,13H2,1H3. The molecule has 6 heteroatoms. The van der Waals surface area contributed by atoms with Crippen LogP contribution in [0.1, 0.15) is 6.42 Å². The number of nitrogens with zero attached hydrogens (tertiary/aromatic N) is 1. The van der Waals surface area contributed by atoms with Gasteiger partial charge in [-0.25, -0.2) is 8.42 Å². The van der Waals surface area contributed by atoms with E-state index in [2.05, 4.69) is 0 Å². The van der Waals surface area contributed by atoms with Crippen molar-refractivity contribution in [2.24, 2.45) is 0 Å². The Hall–Kier alpha value is -1.53. The fourth-order valence-electron chi connectivity index (χ4n) is 1.87. The van der Waals surface area contributed by atoms with Crippen molar-refractivity contribution in [1.82, 2.24) is 4.31 Å². The van der Waals surface area contributed by atoms with E-state index in [9.17, 15) is 8.42 Å². The SMILES string of the molecule is COc1ccc(N)cc1S(=O)(=O)N1CC=CCC1. The highest BCUT2D eigenvalue weighted by Gasteiger charge is 2.27. The number of hydrogen-bond donors (Lipinski definition) is 1. The largest absolute Gasteiger partial charge is 0.495 e. The number of methoxy groups -OCH3 is 1. The molecule has 5 nitrogen and oxygen atoms in total. The molecular weight excluding hydrogens is 252 g/mol. The van der Waals surface area contributed by atoms with E-state index in [1.165, 1.54) is 17.5 Å². The van der Waals surface area contributed by atoms with Gasteiger partial charge in [0.2, 0.25) is 10.0 Å². The molecule has 0 aliphatic carbocycles. The minimum Gasteiger partial charge on any atom is -0.495 e. The van der Waals surface area contributed by atoms with E-state index in [-0.39, 0.29) is 4.90 Å². The number of nitrogens with two attached hydrogens (primary N) is 1. The zero-order chi connectivity index (χ0) is 13.2. The van der Waals surface area contributed by atoms with Crippen LogP contribution in [0.5, 0.6) is 5.75 Å². The second kappa shape index (κ2) is 4.99. The van der Waals surface area contributed by atoms with Crippen molar-refractivity contribution in [3.63, 3.8) is 0 Å². The summed E-state index contributed by atoms with van der Waals surface area (Å²) in [4.78, 5) is 0.125. The van der Waals surface area contributed by atoms with Gasteiger partial charge in [-0.3, -0.25) is 0 Å². The first-order valence-corrected chi connectivity index (χ1v) is 7.08. The topological polar surface area (TPSA) is 72.6 Å². The Kier molecular flexibility index (Phi) is 3.58. The maximum absolute atomic E-state index is 12.5. The predicted molar refractivity (Wildman–Crippen MR) is 69.9 cm³/mol. The number of rotatable bonds is 3. The summed E-state index contributed by atoms with van der Waals surface area (Å²) in [6.07, 6.45) is 4.55. The number of sulfonamides is 1. The van der Waals surface area contributed by atoms with Crippen molar-refractivity contribution in [3.05, 3.63) is 30.4 Å². The third-order valence-electron chi connectivity index (χ3n) is 2.83. The van der Waals surface area contributed by atoms with Gasteiger partial charge in [0.15, 0.2) is 0 Å². The summed E-state index contributed by atoms with van der Waals surface area (Å²) >= 11 is 0. The van der Waals surface area contributed by atoms with Gasteiger partial charge < -0.3 is 10.5 Å². The van der Waals surface area contributed by atoms with Crippen molar-refractivity contribution in [3.8, 4) is 5.75 Å². The second-order valence-electron chi connectivity index (χ2n) is 4.03. The molecular formula is C12H16N2O3S. The van der Waals surface area contributed by atoms with E-state index >= 15 is 0 Å². The fourth-order valence-corrected chi connectivity index (χ4v) is 3.47. The van der Waals surface area contributed by atoms with Crippen LogP contribution in [0.15, 0.2) is 35.2 Å². The molecule has 1 heterocycles. The summed E-state index contributed by atoms with van der Waals surface area (Å²) in [6, 6.07) is 4.63. The lowest BCUT2D eigenvalue weighted by molar-refractivity contribution is 0.394. The van der Waals surface area contributed by atoms with Crippen LogP contribution in [-0.2, 0) is 10.0 Å². The Morgan fingerprint density at radius 2 is 2.11 bits per heavy atom. The Morgan fingerprint density at radius 3 is 2.72 bits per heavy atom. The summed E-state index contributed by atoms with van der Waals surface area (Å²) in [5, 5.41) is 0. The van der Waals surface area contributed by atoms with Crippen molar-refractivity contribution in [2.75, 3.05) is 25.9 Å². The quantitative estimate of drug-likeness (QED) is 0.661. The molecule has 0 saturated carbocycles. The maximum atomic E-state index is 12.5. The summed E-state index contributed by atoms with van der Waals surface area (Å²) in [7, 11) is -2.11. The first-order chi connectivity index (χ1) is 8.55. The highest BCUT2D eigenvalue weighted by molar-refractivity contribution is 7.89. The van der Waals surface area contributed by atoms with Gasteiger partial charge in [0.05, 0.1) is 7.11 Å². The molecule has 0 aromatic heterocycles. The summed E-state index contributed by atoms with van der Waals surface area (Å²) in [5.41, 5.74) is 6.06. The third kappa shape index (κ3) is 2.34. The Balaban J connectivity index is 2.46. The van der Waals surface area contributed by atoms with Gasteiger partial charge in [0, 0.05) is 18.8 Å². The van der Waals surface area contributed by atoms with Crippen LogP contribution in [0.2, 0.25) is 0 Å². The van der Waals surface area contributed by atoms with Crippen molar-refractivity contribution in [2.45, 2.75) is 11.3 Å². The van der Waals surface area contributed by atoms with E-state index in [4.69, 9.17) is 10.5 Å². The highest BCUT2D eigenvalue weighted by Crippen LogP contribution is 2.29. The van der Waals surface area contributed by atoms with Crippen LogP contribution in [0.3, 0.4) is 0 Å². The van der Waals surface area contributed by atoms with Crippen LogP contribution >= 0.6 is 0 Å². The Labute approximate surface area is 107 Å². The minimum atomic E-state index is -3.55. The average molecular weight is 268 g/mol. The lowest BCUT2D eigenvalue weighted by Crippen LogP contribution is -2.34. The minimum absolute atomic E-state index is 0.125. The van der Waals surface area contributed by atoms with E-state index < -0.39 is 10.0 Å². The molecule has 1 aliphatic heterocycles. The van der Waals surface area contributed by atoms with Gasteiger partial charge in [0.25, 0.3) is 0 Å². The molecule has 0 amide bonds. The summed E-state index contributed by atoms with van der Waals surface area (Å²) in [6.45, 7) is 0.872. The van der Waals surface area contributed by atoms with Gasteiger partial charge in [-0.05, 0) is 24.6 Å². The lowest BCUT2D eigenvalue weighted by Gasteiger charge is -2.23. The summed E-state index contributed by atoms with van der Waals surface area (Å²) < 4.78 is 31.5. The van der Waals surface area contributed by atoms with Crippen LogP contribution < -0.4 is 10.5 Å². The molecule has 0 unspecified atom stereocenters. The molecule has 2 N–H and O–H groups in total. The van der Waals surface area contributed by atoms with Crippen LogP contribution in [-0.4, -0.2) is 32.9 Å². The molecule has 0 spiro atoms. The van der Waals surface area contributed by atoms with Crippen LogP contribution in [0.25, 0.3) is 0 Å². The molecule has 98 valence electrons. The van der Waals surface area contributed by atoms with Gasteiger partial charge in [-0.2, -0.15) is 4.31 Å². The highest BCUT2D eigenvalue weighted by atomic mass is 32.2. The number of benzene rings is 1. The molecule has 2 rings (SSSR count). The lowest BCUT2D eigenvalue weighted by atomic mass is 10.3. The van der Waals surface area contributed by atoms with Crippen LogP contribution in [0, 0.1) is 0 Å². The van der Waals surface area contributed by atoms with E-state index in [1.807, 2.05) is 12.2 Å². The third-order valence-corrected chi connectivity index (χ3v) is 4.71. The second-order valence-corrected chi connectivity index (χ2v) is 5.94. The molecule has 0 radical (unpaired) electrons. The van der Waals surface area contributed by atoms with Gasteiger partial charge >= 0.3 is 0 Å². The molecule has 18 heavy (non-hydrogen) atoms. The molecule has 0 saturated heterocycles. The van der Waals surface area contributed by atoms with Gasteiger partial charge in [-0.15, -0.1) is 0 Å². The Bertz CT molecular complexity index is 567. The fraction of sp³-hybridized carbons (Fsp3) is 0.333. The van der Waals surface area contributed by atoms with Gasteiger partial charge in [-0.1, -0.05) is 12.2 Å². The average Bonchev–Trinajstić information content (AvgIpc) is 2.39. The van der Waals surface area contributed by atoms with Gasteiger partial charge in [0.1, 0.15) is 10.6 Å². The zero-order valence-corrected chi connectivity index (χ0v) is 11.0. The van der Waals surface area contributed by atoms with Crippen molar-refractivity contribution < 1.29 is 13.2 Å². The zero-order valence-electron chi connectivity index (χ0n) is 10.2. The monoisotopic (exact) mass is 268 g/mol. The summed E-state index contributed by atoms with van der Waals surface area (Å²) in [5.74, 6) is 0.318. The van der Waals surface area contributed by atoms with Crippen LogP contribution in [0.4, 0.5) is 5.69 Å². The van der Waals surface area contributed by atoms with E-state index in [0.717, 1.165) is 6.42 Å².